The molecule has 0 radical (unpaired) electrons. The van der Waals surface area contributed by atoms with E-state index in [-0.39, 0.29) is 24.2 Å². The highest BCUT2D eigenvalue weighted by atomic mass is 16.4. The van der Waals surface area contributed by atoms with Gasteiger partial charge in [-0.1, -0.05) is 5.21 Å². The normalized spacial score (nSPS) is 25.5. The van der Waals surface area contributed by atoms with Crippen LogP contribution < -0.4 is 5.32 Å². The minimum absolute atomic E-state index is 0.168. The number of aliphatic carboxylic acids is 1. The van der Waals surface area contributed by atoms with Gasteiger partial charge in [-0.25, -0.2) is 4.68 Å². The third-order valence-electron chi connectivity index (χ3n) is 4.22. The van der Waals surface area contributed by atoms with Crippen molar-refractivity contribution >= 4 is 11.9 Å². The second kappa shape index (κ2) is 5.80. The van der Waals surface area contributed by atoms with E-state index in [1.165, 1.54) is 25.6 Å². The standard InChI is InChI=1S/C13H19N5O3/c19-12(20)8-18-7-11(15-16-18)13(21)14-9-3-5-17-4-1-2-10(17)6-9/h7,9-10H,1-6,8H2,(H,14,21)(H,19,20). The Hall–Kier alpha value is -1.96. The van der Waals surface area contributed by atoms with Crippen molar-refractivity contribution in [3.8, 4) is 0 Å². The van der Waals surface area contributed by atoms with Crippen LogP contribution >= 0.6 is 0 Å². The first kappa shape index (κ1) is 14.0. The zero-order chi connectivity index (χ0) is 14.8. The second-order valence-corrected chi connectivity index (χ2v) is 5.72. The lowest BCUT2D eigenvalue weighted by molar-refractivity contribution is -0.137. The molecule has 2 fully saturated rings. The molecule has 2 atom stereocenters. The van der Waals surface area contributed by atoms with E-state index in [4.69, 9.17) is 5.11 Å². The molecule has 1 aromatic rings. The number of hydrogen-bond acceptors (Lipinski definition) is 5. The molecule has 1 amide bonds. The van der Waals surface area contributed by atoms with E-state index in [9.17, 15) is 9.59 Å². The number of nitrogens with zero attached hydrogens (tertiary/aromatic N) is 4. The van der Waals surface area contributed by atoms with Crippen molar-refractivity contribution in [2.75, 3.05) is 13.1 Å². The van der Waals surface area contributed by atoms with E-state index in [1.54, 1.807) is 0 Å². The third kappa shape index (κ3) is 3.21. The lowest BCUT2D eigenvalue weighted by Gasteiger charge is -2.34. The Balaban J connectivity index is 1.56. The average Bonchev–Trinajstić information content (AvgIpc) is 3.06. The highest BCUT2D eigenvalue weighted by Crippen LogP contribution is 2.26. The van der Waals surface area contributed by atoms with Gasteiger partial charge in [0.25, 0.3) is 5.91 Å². The minimum Gasteiger partial charge on any atom is -0.480 e. The Morgan fingerprint density at radius 3 is 3.05 bits per heavy atom. The first-order valence-electron chi connectivity index (χ1n) is 7.28. The maximum atomic E-state index is 12.1. The first-order valence-corrected chi connectivity index (χ1v) is 7.28. The fourth-order valence-electron chi connectivity index (χ4n) is 3.23. The molecule has 1 aromatic heterocycles. The number of carbonyl (C=O) groups excluding carboxylic acids is 1. The number of nitrogens with one attached hydrogen (secondary N) is 1. The molecular formula is C13H19N5O3. The molecule has 0 spiro atoms. The number of carbonyl (C=O) groups is 2. The summed E-state index contributed by atoms with van der Waals surface area (Å²) >= 11 is 0. The Morgan fingerprint density at radius 1 is 1.38 bits per heavy atom. The van der Waals surface area contributed by atoms with Crippen LogP contribution in [0.3, 0.4) is 0 Å². The fraction of sp³-hybridized carbons (Fsp3) is 0.692. The zero-order valence-electron chi connectivity index (χ0n) is 11.7. The zero-order valence-corrected chi connectivity index (χ0v) is 11.7. The van der Waals surface area contributed by atoms with Crippen LogP contribution in [0.1, 0.15) is 36.2 Å². The van der Waals surface area contributed by atoms with Gasteiger partial charge < -0.3 is 15.3 Å². The molecule has 3 rings (SSSR count). The SMILES string of the molecule is O=C(O)Cn1cc(C(=O)NC2CCN3CCCC3C2)nn1. The molecule has 3 heterocycles. The maximum absolute atomic E-state index is 12.1. The van der Waals surface area contributed by atoms with E-state index in [0.29, 0.717) is 6.04 Å². The van der Waals surface area contributed by atoms with Crippen molar-refractivity contribution in [1.29, 1.82) is 0 Å². The van der Waals surface area contributed by atoms with Crippen molar-refractivity contribution in [3.05, 3.63) is 11.9 Å². The number of hydrogen-bond donors (Lipinski definition) is 2. The number of fused-ring (bicyclic) bond motifs is 1. The second-order valence-electron chi connectivity index (χ2n) is 5.72. The molecule has 0 saturated carbocycles. The van der Waals surface area contributed by atoms with Gasteiger partial charge in [-0.3, -0.25) is 9.59 Å². The highest BCUT2D eigenvalue weighted by Gasteiger charge is 2.32. The van der Waals surface area contributed by atoms with Gasteiger partial charge in [-0.15, -0.1) is 5.10 Å². The molecule has 2 N–H and O–H groups in total. The monoisotopic (exact) mass is 293 g/mol. The average molecular weight is 293 g/mol. The van der Waals surface area contributed by atoms with E-state index in [2.05, 4.69) is 20.5 Å². The Kier molecular flexibility index (Phi) is 3.87. The van der Waals surface area contributed by atoms with E-state index in [0.717, 1.165) is 24.1 Å². The predicted molar refractivity (Wildman–Crippen MR) is 72.7 cm³/mol. The van der Waals surface area contributed by atoms with Crippen LogP contribution in [0.25, 0.3) is 0 Å². The van der Waals surface area contributed by atoms with Crippen LogP contribution in [0, 0.1) is 0 Å². The lowest BCUT2D eigenvalue weighted by Crippen LogP contribution is -2.47. The third-order valence-corrected chi connectivity index (χ3v) is 4.22. The summed E-state index contributed by atoms with van der Waals surface area (Å²) in [5.74, 6) is -1.29. The number of rotatable bonds is 4. The van der Waals surface area contributed by atoms with E-state index < -0.39 is 5.97 Å². The van der Waals surface area contributed by atoms with Gasteiger partial charge in [0.2, 0.25) is 0 Å². The van der Waals surface area contributed by atoms with Gasteiger partial charge in [0.05, 0.1) is 6.20 Å². The van der Waals surface area contributed by atoms with Gasteiger partial charge in [0.15, 0.2) is 5.69 Å². The first-order chi connectivity index (χ1) is 10.1. The van der Waals surface area contributed by atoms with Crippen molar-refractivity contribution in [2.45, 2.75) is 44.3 Å². The number of piperidine rings is 1. The van der Waals surface area contributed by atoms with Gasteiger partial charge in [-0.2, -0.15) is 0 Å². The molecule has 0 aromatic carbocycles. The van der Waals surface area contributed by atoms with E-state index >= 15 is 0 Å². The van der Waals surface area contributed by atoms with Crippen LogP contribution in [0.15, 0.2) is 6.20 Å². The molecule has 8 heteroatoms. The van der Waals surface area contributed by atoms with Crippen molar-refractivity contribution in [1.82, 2.24) is 25.2 Å². The van der Waals surface area contributed by atoms with Gasteiger partial charge in [-0.05, 0) is 32.2 Å². The highest BCUT2D eigenvalue weighted by molar-refractivity contribution is 5.92. The molecule has 0 bridgehead atoms. The van der Waals surface area contributed by atoms with Crippen LogP contribution in [-0.2, 0) is 11.3 Å². The van der Waals surface area contributed by atoms with E-state index in [1.807, 2.05) is 0 Å². The summed E-state index contributed by atoms with van der Waals surface area (Å²) in [6, 6.07) is 0.758. The molecule has 2 aliphatic rings. The molecular weight excluding hydrogens is 274 g/mol. The fourth-order valence-corrected chi connectivity index (χ4v) is 3.23. The number of aromatic nitrogens is 3. The van der Waals surface area contributed by atoms with Crippen molar-refractivity contribution < 1.29 is 14.7 Å². The number of carboxylic acid groups (broad SMARTS) is 1. The summed E-state index contributed by atoms with van der Waals surface area (Å²) in [6.07, 6.45) is 5.75. The Labute approximate surface area is 122 Å². The summed E-state index contributed by atoms with van der Waals surface area (Å²) in [4.78, 5) is 25.2. The topological polar surface area (TPSA) is 100 Å². The summed E-state index contributed by atoms with van der Waals surface area (Å²) in [5, 5.41) is 19.0. The summed E-state index contributed by atoms with van der Waals surface area (Å²) in [6.45, 7) is 1.91. The maximum Gasteiger partial charge on any atom is 0.325 e. The number of carboxylic acids is 1. The smallest absolute Gasteiger partial charge is 0.325 e. The van der Waals surface area contributed by atoms with Crippen molar-refractivity contribution in [2.24, 2.45) is 0 Å². The molecule has 114 valence electrons. The Morgan fingerprint density at radius 2 is 2.24 bits per heavy atom. The molecule has 2 aliphatic heterocycles. The van der Waals surface area contributed by atoms with Crippen LogP contribution in [0.4, 0.5) is 0 Å². The van der Waals surface area contributed by atoms with Gasteiger partial charge in [0, 0.05) is 18.6 Å². The predicted octanol–water partition coefficient (Wildman–Crippen LogP) is -0.281. The van der Waals surface area contributed by atoms with Crippen molar-refractivity contribution in [3.63, 3.8) is 0 Å². The van der Waals surface area contributed by atoms with Gasteiger partial charge >= 0.3 is 5.97 Å². The van der Waals surface area contributed by atoms with Gasteiger partial charge in [0.1, 0.15) is 6.54 Å². The lowest BCUT2D eigenvalue weighted by atomic mass is 9.97. The quantitative estimate of drug-likeness (QED) is 0.792. The van der Waals surface area contributed by atoms with Crippen LogP contribution in [0.5, 0.6) is 0 Å². The molecule has 0 aliphatic carbocycles. The molecule has 8 nitrogen and oxygen atoms in total. The molecule has 2 saturated heterocycles. The van der Waals surface area contributed by atoms with Crippen LogP contribution in [-0.4, -0.2) is 62.0 Å². The number of amides is 1. The minimum atomic E-state index is -1.01. The summed E-state index contributed by atoms with van der Waals surface area (Å²) < 4.78 is 1.15. The summed E-state index contributed by atoms with van der Waals surface area (Å²) in [7, 11) is 0. The summed E-state index contributed by atoms with van der Waals surface area (Å²) in [5.41, 5.74) is 0.171. The molecule has 21 heavy (non-hydrogen) atoms. The molecule has 2 unspecified atom stereocenters. The largest absolute Gasteiger partial charge is 0.480 e. The Bertz CT molecular complexity index is 544. The van der Waals surface area contributed by atoms with Crippen LogP contribution in [0.2, 0.25) is 0 Å².